The molecule has 0 unspecified atom stereocenters. The molecule has 146 valence electrons. The SMILES string of the molecule is CN1CCN(C[C@H]2CCCN(Cc3cc(=O)c4cc(F)ccc4[nH]3)C2)CC1. The fourth-order valence-corrected chi connectivity index (χ4v) is 4.44. The number of hydrogen-bond donors (Lipinski definition) is 1. The van der Waals surface area contributed by atoms with Crippen LogP contribution in [0.15, 0.2) is 29.1 Å². The van der Waals surface area contributed by atoms with Crippen LogP contribution in [0.3, 0.4) is 0 Å². The summed E-state index contributed by atoms with van der Waals surface area (Å²) < 4.78 is 13.4. The highest BCUT2D eigenvalue weighted by atomic mass is 19.1. The molecule has 27 heavy (non-hydrogen) atoms. The lowest BCUT2D eigenvalue weighted by Gasteiger charge is -2.38. The lowest BCUT2D eigenvalue weighted by Crippen LogP contribution is -2.48. The molecule has 2 fully saturated rings. The maximum absolute atomic E-state index is 13.4. The first kappa shape index (κ1) is 18.6. The predicted molar refractivity (Wildman–Crippen MR) is 106 cm³/mol. The van der Waals surface area contributed by atoms with Gasteiger partial charge in [0.1, 0.15) is 5.82 Å². The average Bonchev–Trinajstić information content (AvgIpc) is 2.65. The lowest BCUT2D eigenvalue weighted by atomic mass is 9.97. The van der Waals surface area contributed by atoms with E-state index in [1.54, 1.807) is 12.1 Å². The molecule has 2 aliphatic heterocycles. The number of piperidine rings is 1. The van der Waals surface area contributed by atoms with Crippen molar-refractivity contribution in [2.75, 3.05) is 52.9 Å². The number of hydrogen-bond acceptors (Lipinski definition) is 4. The molecule has 4 rings (SSSR count). The van der Waals surface area contributed by atoms with E-state index in [0.717, 1.165) is 38.4 Å². The summed E-state index contributed by atoms with van der Waals surface area (Å²) in [6.45, 7) is 8.74. The van der Waals surface area contributed by atoms with Crippen LogP contribution in [0.25, 0.3) is 10.9 Å². The van der Waals surface area contributed by atoms with Gasteiger partial charge in [-0.05, 0) is 50.6 Å². The number of nitrogens with zero attached hydrogens (tertiary/aromatic N) is 3. The number of likely N-dealkylation sites (N-methyl/N-ethyl adjacent to an activating group) is 1. The molecular formula is C21H29FN4O. The van der Waals surface area contributed by atoms with Gasteiger partial charge in [-0.3, -0.25) is 9.69 Å². The van der Waals surface area contributed by atoms with Crippen molar-refractivity contribution in [2.24, 2.45) is 5.92 Å². The van der Waals surface area contributed by atoms with Crippen LogP contribution >= 0.6 is 0 Å². The minimum atomic E-state index is -0.372. The molecule has 0 aliphatic carbocycles. The first-order valence-corrected chi connectivity index (χ1v) is 10.0. The Hall–Kier alpha value is -1.76. The zero-order valence-electron chi connectivity index (χ0n) is 16.1. The highest BCUT2D eigenvalue weighted by Gasteiger charge is 2.24. The van der Waals surface area contributed by atoms with Gasteiger partial charge in [0.2, 0.25) is 0 Å². The molecule has 1 aromatic heterocycles. The van der Waals surface area contributed by atoms with Gasteiger partial charge in [0, 0.05) is 68.5 Å². The summed E-state index contributed by atoms with van der Waals surface area (Å²) >= 11 is 0. The predicted octanol–water partition coefficient (Wildman–Crippen LogP) is 2.13. The van der Waals surface area contributed by atoms with Gasteiger partial charge in [-0.2, -0.15) is 0 Å². The maximum Gasteiger partial charge on any atom is 0.189 e. The quantitative estimate of drug-likeness (QED) is 0.893. The molecule has 3 heterocycles. The molecule has 1 aromatic carbocycles. The van der Waals surface area contributed by atoms with E-state index < -0.39 is 0 Å². The number of likely N-dealkylation sites (tertiary alicyclic amines) is 1. The standard InChI is InChI=1S/C21H29FN4O/c1-24-7-9-25(10-8-24)13-16-3-2-6-26(14-16)15-18-12-21(27)19-11-17(22)4-5-20(19)23-18/h4-5,11-12,16H,2-3,6-10,13-15H2,1H3,(H,23,27)/t16-/m1/s1. The summed E-state index contributed by atoms with van der Waals surface area (Å²) in [5, 5.41) is 0.422. The van der Waals surface area contributed by atoms with Crippen LogP contribution < -0.4 is 5.43 Å². The number of H-pyrrole nitrogens is 1. The second-order valence-electron chi connectivity index (χ2n) is 8.20. The zero-order chi connectivity index (χ0) is 18.8. The van der Waals surface area contributed by atoms with Gasteiger partial charge in [-0.1, -0.05) is 0 Å². The molecule has 0 bridgehead atoms. The maximum atomic E-state index is 13.4. The fourth-order valence-electron chi connectivity index (χ4n) is 4.44. The number of halogens is 1. The Morgan fingerprint density at radius 2 is 1.93 bits per heavy atom. The minimum absolute atomic E-state index is 0.107. The molecule has 0 amide bonds. The van der Waals surface area contributed by atoms with E-state index >= 15 is 0 Å². The summed E-state index contributed by atoms with van der Waals surface area (Å²) in [6, 6.07) is 5.99. The zero-order valence-corrected chi connectivity index (χ0v) is 16.1. The van der Waals surface area contributed by atoms with Crippen LogP contribution in [0.1, 0.15) is 18.5 Å². The normalized spacial score (nSPS) is 23.1. The number of pyridine rings is 1. The van der Waals surface area contributed by atoms with Crippen molar-refractivity contribution in [2.45, 2.75) is 19.4 Å². The Morgan fingerprint density at radius 3 is 2.74 bits per heavy atom. The summed E-state index contributed by atoms with van der Waals surface area (Å²) in [6.07, 6.45) is 2.50. The monoisotopic (exact) mass is 372 g/mol. The van der Waals surface area contributed by atoms with E-state index in [1.165, 1.54) is 44.6 Å². The van der Waals surface area contributed by atoms with Gasteiger partial charge in [-0.25, -0.2) is 4.39 Å². The van der Waals surface area contributed by atoms with Crippen LogP contribution in [-0.2, 0) is 6.54 Å². The van der Waals surface area contributed by atoms with Gasteiger partial charge >= 0.3 is 0 Å². The van der Waals surface area contributed by atoms with Gasteiger partial charge in [0.25, 0.3) is 0 Å². The third-order valence-corrected chi connectivity index (χ3v) is 5.96. The number of aromatic amines is 1. The van der Waals surface area contributed by atoms with Gasteiger partial charge < -0.3 is 14.8 Å². The van der Waals surface area contributed by atoms with E-state index in [1.807, 2.05) is 0 Å². The van der Waals surface area contributed by atoms with Crippen molar-refractivity contribution < 1.29 is 4.39 Å². The topological polar surface area (TPSA) is 42.6 Å². The second kappa shape index (κ2) is 8.09. The van der Waals surface area contributed by atoms with Crippen LogP contribution in [0.4, 0.5) is 4.39 Å². The van der Waals surface area contributed by atoms with Gasteiger partial charge in [0.05, 0.1) is 0 Å². The van der Waals surface area contributed by atoms with Crippen LogP contribution in [0, 0.1) is 11.7 Å². The van der Waals surface area contributed by atoms with Crippen molar-refractivity contribution in [3.63, 3.8) is 0 Å². The minimum Gasteiger partial charge on any atom is -0.357 e. The highest BCUT2D eigenvalue weighted by molar-refractivity contribution is 5.78. The largest absolute Gasteiger partial charge is 0.357 e. The molecule has 1 atom stereocenters. The van der Waals surface area contributed by atoms with Crippen molar-refractivity contribution in [1.82, 2.24) is 19.7 Å². The molecular weight excluding hydrogens is 343 g/mol. The van der Waals surface area contributed by atoms with E-state index in [0.29, 0.717) is 16.8 Å². The third-order valence-electron chi connectivity index (χ3n) is 5.96. The fraction of sp³-hybridized carbons (Fsp3) is 0.571. The molecule has 1 N–H and O–H groups in total. The molecule has 0 spiro atoms. The number of rotatable bonds is 4. The van der Waals surface area contributed by atoms with Crippen LogP contribution in [0.2, 0.25) is 0 Å². The number of nitrogens with one attached hydrogen (secondary N) is 1. The van der Waals surface area contributed by atoms with Crippen LogP contribution in [0.5, 0.6) is 0 Å². The highest BCUT2D eigenvalue weighted by Crippen LogP contribution is 2.20. The van der Waals surface area contributed by atoms with Gasteiger partial charge in [0.15, 0.2) is 5.43 Å². The van der Waals surface area contributed by atoms with E-state index in [2.05, 4.69) is 26.7 Å². The van der Waals surface area contributed by atoms with Crippen molar-refractivity contribution >= 4 is 10.9 Å². The first-order valence-electron chi connectivity index (χ1n) is 10.0. The molecule has 0 radical (unpaired) electrons. The Labute approximate surface area is 159 Å². The lowest BCUT2D eigenvalue weighted by molar-refractivity contribution is 0.0962. The van der Waals surface area contributed by atoms with E-state index in [9.17, 15) is 9.18 Å². The summed E-state index contributed by atoms with van der Waals surface area (Å²) in [5.41, 5.74) is 1.52. The Kier molecular flexibility index (Phi) is 5.57. The van der Waals surface area contributed by atoms with Crippen LogP contribution in [-0.4, -0.2) is 72.5 Å². The average molecular weight is 372 g/mol. The third kappa shape index (κ3) is 4.57. The second-order valence-corrected chi connectivity index (χ2v) is 8.20. The number of piperazine rings is 1. The molecule has 0 saturated carbocycles. The smallest absolute Gasteiger partial charge is 0.189 e. The van der Waals surface area contributed by atoms with E-state index in [-0.39, 0.29) is 11.2 Å². The van der Waals surface area contributed by atoms with Gasteiger partial charge in [-0.15, -0.1) is 0 Å². The first-order chi connectivity index (χ1) is 13.1. The summed E-state index contributed by atoms with van der Waals surface area (Å²) in [7, 11) is 2.19. The molecule has 2 aromatic rings. The summed E-state index contributed by atoms with van der Waals surface area (Å²) in [4.78, 5) is 23.1. The van der Waals surface area contributed by atoms with E-state index in [4.69, 9.17) is 0 Å². The molecule has 2 aliphatic rings. The number of aromatic nitrogens is 1. The Bertz CT molecular complexity index is 844. The molecule has 6 heteroatoms. The van der Waals surface area contributed by atoms with Crippen molar-refractivity contribution in [3.8, 4) is 0 Å². The summed E-state index contributed by atoms with van der Waals surface area (Å²) in [5.74, 6) is 0.326. The molecule has 2 saturated heterocycles. The van der Waals surface area contributed by atoms with Crippen molar-refractivity contribution in [3.05, 3.63) is 46.0 Å². The Morgan fingerprint density at radius 1 is 1.11 bits per heavy atom. The number of benzene rings is 1. The number of fused-ring (bicyclic) bond motifs is 1. The van der Waals surface area contributed by atoms with Crippen molar-refractivity contribution in [1.29, 1.82) is 0 Å². The Balaban J connectivity index is 1.39. The molecule has 5 nitrogen and oxygen atoms in total.